The molecular formula is C17H21ClN2O3. The van der Waals surface area contributed by atoms with Crippen molar-refractivity contribution in [2.24, 2.45) is 0 Å². The van der Waals surface area contributed by atoms with Gasteiger partial charge in [0.25, 0.3) is 0 Å². The maximum Gasteiger partial charge on any atom is 0.245 e. The molecule has 0 radical (unpaired) electrons. The molecule has 2 atom stereocenters. The van der Waals surface area contributed by atoms with E-state index in [-0.39, 0.29) is 24.0 Å². The number of rotatable bonds is 2. The van der Waals surface area contributed by atoms with Crippen LogP contribution < -0.4 is 0 Å². The van der Waals surface area contributed by atoms with Gasteiger partial charge in [0, 0.05) is 25.0 Å². The third-order valence-electron chi connectivity index (χ3n) is 4.56. The van der Waals surface area contributed by atoms with Gasteiger partial charge in [0.15, 0.2) is 0 Å². The largest absolute Gasteiger partial charge is 0.370 e. The Morgan fingerprint density at radius 3 is 2.65 bits per heavy atom. The molecule has 3 rings (SSSR count). The summed E-state index contributed by atoms with van der Waals surface area (Å²) in [6, 6.07) is 7.21. The standard InChI is InChI=1S/C17H21ClN2O3/c1-12(21)20-8-2-3-15(20)17(22)19-9-10-23-16(11-19)13-4-6-14(18)7-5-13/h4-7,15-16H,2-3,8-11H2,1H3/t15-,16-/m0/s1. The minimum absolute atomic E-state index is 0.0247. The summed E-state index contributed by atoms with van der Waals surface area (Å²) >= 11 is 5.92. The molecule has 2 saturated heterocycles. The van der Waals surface area contributed by atoms with Gasteiger partial charge in [-0.3, -0.25) is 9.59 Å². The highest BCUT2D eigenvalue weighted by Crippen LogP contribution is 2.26. The summed E-state index contributed by atoms with van der Waals surface area (Å²) in [4.78, 5) is 28.0. The molecule has 2 aliphatic rings. The van der Waals surface area contributed by atoms with Gasteiger partial charge in [0.05, 0.1) is 13.2 Å². The average Bonchev–Trinajstić information content (AvgIpc) is 3.05. The van der Waals surface area contributed by atoms with E-state index in [1.165, 1.54) is 6.92 Å². The van der Waals surface area contributed by atoms with Gasteiger partial charge in [-0.05, 0) is 30.5 Å². The fraction of sp³-hybridized carbons (Fsp3) is 0.529. The molecule has 5 nitrogen and oxygen atoms in total. The molecule has 6 heteroatoms. The Hall–Kier alpha value is -1.59. The van der Waals surface area contributed by atoms with Crippen molar-refractivity contribution in [2.45, 2.75) is 31.9 Å². The lowest BCUT2D eigenvalue weighted by atomic mass is 10.1. The number of ether oxygens (including phenoxy) is 1. The predicted octanol–water partition coefficient (Wildman–Crippen LogP) is 2.25. The lowest BCUT2D eigenvalue weighted by Gasteiger charge is -2.36. The summed E-state index contributed by atoms with van der Waals surface area (Å²) in [6.45, 7) is 3.80. The number of morpholine rings is 1. The molecule has 23 heavy (non-hydrogen) atoms. The van der Waals surface area contributed by atoms with E-state index in [0.717, 1.165) is 18.4 Å². The molecular weight excluding hydrogens is 316 g/mol. The maximum atomic E-state index is 12.8. The number of benzene rings is 1. The minimum atomic E-state index is -0.309. The van der Waals surface area contributed by atoms with E-state index in [4.69, 9.17) is 16.3 Å². The quantitative estimate of drug-likeness (QED) is 0.832. The van der Waals surface area contributed by atoms with Crippen molar-refractivity contribution < 1.29 is 14.3 Å². The van der Waals surface area contributed by atoms with Gasteiger partial charge in [-0.15, -0.1) is 0 Å². The molecule has 0 bridgehead atoms. The molecule has 0 aromatic heterocycles. The van der Waals surface area contributed by atoms with Crippen LogP contribution >= 0.6 is 11.6 Å². The van der Waals surface area contributed by atoms with Gasteiger partial charge in [-0.25, -0.2) is 0 Å². The second-order valence-electron chi connectivity index (χ2n) is 6.07. The van der Waals surface area contributed by atoms with Crippen LogP contribution in [0, 0.1) is 0 Å². The highest BCUT2D eigenvalue weighted by atomic mass is 35.5. The van der Waals surface area contributed by atoms with Crippen molar-refractivity contribution in [2.75, 3.05) is 26.2 Å². The normalized spacial score (nSPS) is 24.8. The summed E-state index contributed by atoms with van der Waals surface area (Å²) in [5.41, 5.74) is 1.02. The molecule has 124 valence electrons. The lowest BCUT2D eigenvalue weighted by molar-refractivity contribution is -0.148. The smallest absolute Gasteiger partial charge is 0.245 e. The first-order chi connectivity index (χ1) is 11.1. The highest BCUT2D eigenvalue weighted by molar-refractivity contribution is 6.30. The van der Waals surface area contributed by atoms with Crippen molar-refractivity contribution >= 4 is 23.4 Å². The highest BCUT2D eigenvalue weighted by Gasteiger charge is 2.37. The molecule has 2 amide bonds. The molecule has 1 aromatic carbocycles. The molecule has 0 saturated carbocycles. The first-order valence-corrected chi connectivity index (χ1v) is 8.37. The van der Waals surface area contributed by atoms with Crippen LogP contribution in [0.2, 0.25) is 5.02 Å². The first kappa shape index (κ1) is 16.3. The van der Waals surface area contributed by atoms with E-state index >= 15 is 0 Å². The van der Waals surface area contributed by atoms with Crippen molar-refractivity contribution in [1.82, 2.24) is 9.80 Å². The second kappa shape index (κ2) is 6.89. The zero-order valence-electron chi connectivity index (χ0n) is 13.2. The summed E-state index contributed by atoms with van der Waals surface area (Å²) in [6.07, 6.45) is 1.50. The summed E-state index contributed by atoms with van der Waals surface area (Å²) < 4.78 is 5.80. The van der Waals surface area contributed by atoms with Gasteiger partial charge < -0.3 is 14.5 Å². The number of carbonyl (C=O) groups is 2. The Kier molecular flexibility index (Phi) is 4.87. The molecule has 2 fully saturated rings. The molecule has 0 aliphatic carbocycles. The Balaban J connectivity index is 1.69. The van der Waals surface area contributed by atoms with Crippen molar-refractivity contribution in [3.05, 3.63) is 34.9 Å². The number of likely N-dealkylation sites (tertiary alicyclic amines) is 1. The Labute approximate surface area is 141 Å². The van der Waals surface area contributed by atoms with Crippen LogP contribution in [0.15, 0.2) is 24.3 Å². The van der Waals surface area contributed by atoms with E-state index in [9.17, 15) is 9.59 Å². The molecule has 0 unspecified atom stereocenters. The van der Waals surface area contributed by atoms with Gasteiger partial charge in [-0.2, -0.15) is 0 Å². The van der Waals surface area contributed by atoms with E-state index in [1.807, 2.05) is 29.2 Å². The lowest BCUT2D eigenvalue weighted by Crippen LogP contribution is -2.51. The fourth-order valence-corrected chi connectivity index (χ4v) is 3.47. The van der Waals surface area contributed by atoms with Crippen LogP contribution in [-0.2, 0) is 14.3 Å². The van der Waals surface area contributed by atoms with Crippen molar-refractivity contribution in [3.8, 4) is 0 Å². The van der Waals surface area contributed by atoms with Gasteiger partial charge in [-0.1, -0.05) is 23.7 Å². The first-order valence-electron chi connectivity index (χ1n) is 7.99. The summed E-state index contributed by atoms with van der Waals surface area (Å²) in [7, 11) is 0. The van der Waals surface area contributed by atoms with Crippen LogP contribution in [0.4, 0.5) is 0 Å². The minimum Gasteiger partial charge on any atom is -0.370 e. The SMILES string of the molecule is CC(=O)N1CCC[C@H]1C(=O)N1CCO[C@H](c2ccc(Cl)cc2)C1. The molecule has 2 aliphatic heterocycles. The number of hydrogen-bond acceptors (Lipinski definition) is 3. The molecule has 0 spiro atoms. The van der Waals surface area contributed by atoms with Crippen LogP contribution in [0.3, 0.4) is 0 Å². The molecule has 0 N–H and O–H groups in total. The van der Waals surface area contributed by atoms with E-state index in [1.54, 1.807) is 4.90 Å². The monoisotopic (exact) mass is 336 g/mol. The predicted molar refractivity (Wildman–Crippen MR) is 87.1 cm³/mol. The zero-order chi connectivity index (χ0) is 16.4. The number of hydrogen-bond donors (Lipinski definition) is 0. The third kappa shape index (κ3) is 3.51. The Bertz CT molecular complexity index is 590. The summed E-state index contributed by atoms with van der Waals surface area (Å²) in [5, 5.41) is 0.681. The van der Waals surface area contributed by atoms with Crippen LogP contribution in [0.25, 0.3) is 0 Å². The Morgan fingerprint density at radius 2 is 1.96 bits per heavy atom. The van der Waals surface area contributed by atoms with Crippen molar-refractivity contribution in [1.29, 1.82) is 0 Å². The van der Waals surface area contributed by atoms with Gasteiger partial charge in [0.2, 0.25) is 11.8 Å². The molecule has 2 heterocycles. The number of nitrogens with zero attached hydrogens (tertiary/aromatic N) is 2. The van der Waals surface area contributed by atoms with Crippen LogP contribution in [0.5, 0.6) is 0 Å². The van der Waals surface area contributed by atoms with Gasteiger partial charge in [0.1, 0.15) is 12.1 Å². The zero-order valence-corrected chi connectivity index (χ0v) is 14.0. The van der Waals surface area contributed by atoms with Crippen molar-refractivity contribution in [3.63, 3.8) is 0 Å². The average molecular weight is 337 g/mol. The fourth-order valence-electron chi connectivity index (χ4n) is 3.34. The maximum absolute atomic E-state index is 12.8. The Morgan fingerprint density at radius 1 is 1.22 bits per heavy atom. The third-order valence-corrected chi connectivity index (χ3v) is 4.81. The molecule has 1 aromatic rings. The van der Waals surface area contributed by atoms with Crippen LogP contribution in [-0.4, -0.2) is 53.9 Å². The summed E-state index contributed by atoms with van der Waals surface area (Å²) in [5.74, 6) is 0.0170. The number of amides is 2. The second-order valence-corrected chi connectivity index (χ2v) is 6.50. The van der Waals surface area contributed by atoms with Gasteiger partial charge >= 0.3 is 0 Å². The van der Waals surface area contributed by atoms with E-state index in [0.29, 0.717) is 31.3 Å². The number of halogens is 1. The van der Waals surface area contributed by atoms with E-state index in [2.05, 4.69) is 0 Å². The number of carbonyl (C=O) groups excluding carboxylic acids is 2. The van der Waals surface area contributed by atoms with E-state index < -0.39 is 0 Å². The topological polar surface area (TPSA) is 49.9 Å². The van der Waals surface area contributed by atoms with Crippen LogP contribution in [0.1, 0.15) is 31.4 Å².